The maximum absolute atomic E-state index is 13.9. The number of nitrogens with zero attached hydrogens (tertiary/aromatic N) is 4. The molecule has 3 aromatic heterocycles. The number of halogens is 2. The first-order chi connectivity index (χ1) is 12.2. The Morgan fingerprint density at radius 1 is 1.08 bits per heavy atom. The summed E-state index contributed by atoms with van der Waals surface area (Å²) in [5, 5.41) is 0. The minimum atomic E-state index is -0.638. The fourth-order valence-corrected chi connectivity index (χ4v) is 2.46. The van der Waals surface area contributed by atoms with Crippen LogP contribution in [0.3, 0.4) is 0 Å². The van der Waals surface area contributed by atoms with Crippen molar-refractivity contribution < 1.29 is 13.5 Å². The average Bonchev–Trinajstić information content (AvgIpc) is 3.03. The van der Waals surface area contributed by atoms with E-state index < -0.39 is 11.6 Å². The van der Waals surface area contributed by atoms with E-state index in [2.05, 4.69) is 15.0 Å². The van der Waals surface area contributed by atoms with Crippen LogP contribution in [0.4, 0.5) is 8.78 Å². The number of aromatic nitrogens is 4. The molecule has 0 aliphatic heterocycles. The van der Waals surface area contributed by atoms with Crippen molar-refractivity contribution >= 4 is 5.78 Å². The molecule has 0 radical (unpaired) electrons. The van der Waals surface area contributed by atoms with Crippen LogP contribution in [-0.2, 0) is 6.61 Å². The van der Waals surface area contributed by atoms with Crippen LogP contribution in [-0.4, -0.2) is 19.4 Å². The van der Waals surface area contributed by atoms with Crippen LogP contribution < -0.4 is 4.74 Å². The second kappa shape index (κ2) is 6.27. The Kier molecular flexibility index (Phi) is 3.81. The van der Waals surface area contributed by atoms with E-state index in [9.17, 15) is 8.78 Å². The highest BCUT2D eigenvalue weighted by Crippen LogP contribution is 2.23. The molecule has 0 amide bonds. The molecule has 25 heavy (non-hydrogen) atoms. The third kappa shape index (κ3) is 3.16. The molecule has 0 saturated carbocycles. The second-order valence-corrected chi connectivity index (χ2v) is 5.38. The first kappa shape index (κ1) is 15.2. The first-order valence-corrected chi connectivity index (χ1v) is 7.51. The summed E-state index contributed by atoms with van der Waals surface area (Å²) in [5.41, 5.74) is 1.48. The minimum absolute atomic E-state index is 0.259. The summed E-state index contributed by atoms with van der Waals surface area (Å²) < 4.78 is 34.3. The van der Waals surface area contributed by atoms with Crippen molar-refractivity contribution in [2.45, 2.75) is 6.61 Å². The molecule has 124 valence electrons. The van der Waals surface area contributed by atoms with E-state index in [0.29, 0.717) is 22.8 Å². The van der Waals surface area contributed by atoms with Gasteiger partial charge >= 0.3 is 0 Å². The Morgan fingerprint density at radius 2 is 2.00 bits per heavy atom. The van der Waals surface area contributed by atoms with Crippen LogP contribution in [0.25, 0.3) is 16.9 Å². The minimum Gasteiger partial charge on any atom is -0.486 e. The van der Waals surface area contributed by atoms with Gasteiger partial charge in [0.25, 0.3) is 0 Å². The predicted octanol–water partition coefficient (Wildman–Crippen LogP) is 3.65. The van der Waals surface area contributed by atoms with Gasteiger partial charge in [-0.2, -0.15) is 0 Å². The Bertz CT molecular complexity index is 1030. The maximum Gasteiger partial charge on any atom is 0.234 e. The number of pyridine rings is 1. The molecule has 0 N–H and O–H groups in total. The topological polar surface area (TPSA) is 52.3 Å². The van der Waals surface area contributed by atoms with Crippen LogP contribution in [0.5, 0.6) is 5.75 Å². The third-order valence-electron chi connectivity index (χ3n) is 3.62. The van der Waals surface area contributed by atoms with Crippen molar-refractivity contribution in [2.75, 3.05) is 0 Å². The molecule has 4 rings (SSSR count). The van der Waals surface area contributed by atoms with Gasteiger partial charge in [0, 0.05) is 42.0 Å². The van der Waals surface area contributed by atoms with E-state index >= 15 is 0 Å². The first-order valence-electron chi connectivity index (χ1n) is 7.51. The number of fused-ring (bicyclic) bond motifs is 1. The highest BCUT2D eigenvalue weighted by molar-refractivity contribution is 5.63. The number of benzene rings is 1. The SMILES string of the molecule is Fc1ccc(-c2cnc3nc(COc4cccnc4)cn3c2)c(F)c1. The summed E-state index contributed by atoms with van der Waals surface area (Å²) >= 11 is 0. The van der Waals surface area contributed by atoms with Gasteiger partial charge in [-0.05, 0) is 24.3 Å². The molecular weight excluding hydrogens is 326 g/mol. The fraction of sp³-hybridized carbons (Fsp3) is 0.0556. The molecule has 0 aliphatic carbocycles. The molecule has 0 fully saturated rings. The number of rotatable bonds is 4. The van der Waals surface area contributed by atoms with Gasteiger partial charge in [0.05, 0.1) is 11.9 Å². The van der Waals surface area contributed by atoms with E-state index in [0.717, 1.165) is 6.07 Å². The molecule has 0 bridgehead atoms. The Labute approximate surface area is 141 Å². The van der Waals surface area contributed by atoms with Crippen molar-refractivity contribution in [3.8, 4) is 16.9 Å². The number of ether oxygens (including phenoxy) is 1. The normalized spacial score (nSPS) is 11.0. The summed E-state index contributed by atoms with van der Waals surface area (Å²) in [6, 6.07) is 7.03. The van der Waals surface area contributed by atoms with E-state index in [1.54, 1.807) is 41.3 Å². The van der Waals surface area contributed by atoms with Crippen molar-refractivity contribution in [2.24, 2.45) is 0 Å². The quantitative estimate of drug-likeness (QED) is 0.570. The molecule has 5 nitrogen and oxygen atoms in total. The van der Waals surface area contributed by atoms with Gasteiger partial charge in [-0.25, -0.2) is 18.7 Å². The van der Waals surface area contributed by atoms with Gasteiger partial charge in [-0.15, -0.1) is 0 Å². The standard InChI is InChI=1S/C18H12F2N4O/c19-13-3-4-16(17(20)6-13)12-7-22-18-23-14(10-24(18)9-12)11-25-15-2-1-5-21-8-15/h1-10H,11H2. The van der Waals surface area contributed by atoms with Gasteiger partial charge in [0.2, 0.25) is 5.78 Å². The van der Waals surface area contributed by atoms with Crippen LogP contribution in [0.1, 0.15) is 5.69 Å². The van der Waals surface area contributed by atoms with Crippen LogP contribution in [0.2, 0.25) is 0 Å². The summed E-state index contributed by atoms with van der Waals surface area (Å²) in [4.78, 5) is 12.5. The molecule has 0 unspecified atom stereocenters. The molecule has 4 aromatic rings. The lowest BCUT2D eigenvalue weighted by atomic mass is 10.1. The molecule has 0 saturated heterocycles. The van der Waals surface area contributed by atoms with Gasteiger partial charge < -0.3 is 4.74 Å². The number of hydrogen-bond donors (Lipinski definition) is 0. The van der Waals surface area contributed by atoms with Crippen molar-refractivity contribution in [3.63, 3.8) is 0 Å². The monoisotopic (exact) mass is 338 g/mol. The highest BCUT2D eigenvalue weighted by Gasteiger charge is 2.10. The molecule has 0 spiro atoms. The zero-order chi connectivity index (χ0) is 17.2. The van der Waals surface area contributed by atoms with E-state index in [1.807, 2.05) is 0 Å². The number of imidazole rings is 1. The molecule has 0 aliphatic rings. The fourth-order valence-electron chi connectivity index (χ4n) is 2.46. The number of hydrogen-bond acceptors (Lipinski definition) is 4. The van der Waals surface area contributed by atoms with Gasteiger partial charge in [0.15, 0.2) is 0 Å². The van der Waals surface area contributed by atoms with Gasteiger partial charge in [0.1, 0.15) is 24.0 Å². The average molecular weight is 338 g/mol. The summed E-state index contributed by atoms with van der Waals surface area (Å²) in [6.45, 7) is 0.259. The lowest BCUT2D eigenvalue weighted by molar-refractivity contribution is 0.301. The Hall–Kier alpha value is -3.35. The largest absolute Gasteiger partial charge is 0.486 e. The Balaban J connectivity index is 1.61. The van der Waals surface area contributed by atoms with Gasteiger partial charge in [-0.1, -0.05) is 0 Å². The lowest BCUT2D eigenvalue weighted by Gasteiger charge is -2.03. The molecule has 1 aromatic carbocycles. The second-order valence-electron chi connectivity index (χ2n) is 5.38. The zero-order valence-electron chi connectivity index (χ0n) is 12.9. The van der Waals surface area contributed by atoms with Crippen molar-refractivity contribution in [1.82, 2.24) is 19.4 Å². The van der Waals surface area contributed by atoms with Crippen molar-refractivity contribution in [1.29, 1.82) is 0 Å². The Morgan fingerprint density at radius 3 is 2.80 bits per heavy atom. The molecular formula is C18H12F2N4O. The maximum atomic E-state index is 13.9. The zero-order valence-corrected chi connectivity index (χ0v) is 12.9. The van der Waals surface area contributed by atoms with Crippen LogP contribution in [0, 0.1) is 11.6 Å². The lowest BCUT2D eigenvalue weighted by Crippen LogP contribution is -1.95. The third-order valence-corrected chi connectivity index (χ3v) is 3.62. The van der Waals surface area contributed by atoms with E-state index in [1.165, 1.54) is 18.3 Å². The van der Waals surface area contributed by atoms with Crippen LogP contribution in [0.15, 0.2) is 61.3 Å². The van der Waals surface area contributed by atoms with Crippen molar-refractivity contribution in [3.05, 3.63) is 78.6 Å². The van der Waals surface area contributed by atoms with Gasteiger partial charge in [-0.3, -0.25) is 9.38 Å². The van der Waals surface area contributed by atoms with E-state index in [-0.39, 0.29) is 12.2 Å². The smallest absolute Gasteiger partial charge is 0.234 e. The summed E-state index contributed by atoms with van der Waals surface area (Å²) in [5.74, 6) is -0.146. The molecule has 3 heterocycles. The van der Waals surface area contributed by atoms with Crippen LogP contribution >= 0.6 is 0 Å². The summed E-state index contributed by atoms with van der Waals surface area (Å²) in [7, 11) is 0. The summed E-state index contributed by atoms with van der Waals surface area (Å²) in [6.07, 6.45) is 8.23. The molecule has 7 heteroatoms. The highest BCUT2D eigenvalue weighted by atomic mass is 19.1. The predicted molar refractivity (Wildman–Crippen MR) is 86.9 cm³/mol. The molecule has 0 atom stereocenters. The van der Waals surface area contributed by atoms with E-state index in [4.69, 9.17) is 4.74 Å².